The molecule has 3 amide bonds. The number of allylic oxidation sites excluding steroid dienone is 1. The summed E-state index contributed by atoms with van der Waals surface area (Å²) in [6.45, 7) is 1.94. The van der Waals surface area contributed by atoms with E-state index in [9.17, 15) is 14.4 Å². The maximum atomic E-state index is 13.1. The fourth-order valence-corrected chi connectivity index (χ4v) is 4.67. The van der Waals surface area contributed by atoms with Gasteiger partial charge in [-0.3, -0.25) is 14.9 Å². The summed E-state index contributed by atoms with van der Waals surface area (Å²) in [5, 5.41) is 20.3. The molecule has 0 spiro atoms. The number of carbonyl (C=O) groups is 3. The summed E-state index contributed by atoms with van der Waals surface area (Å²) in [4.78, 5) is 45.5. The lowest BCUT2D eigenvalue weighted by Crippen LogP contribution is -2.27. The number of hydrogen-bond donors (Lipinski definition) is 4. The number of nitrogens with one attached hydrogen (secondary N) is 4. The van der Waals surface area contributed by atoms with Crippen LogP contribution in [0.1, 0.15) is 43.6 Å². The normalized spacial score (nSPS) is 16.5. The summed E-state index contributed by atoms with van der Waals surface area (Å²) >= 11 is 6.21. The van der Waals surface area contributed by atoms with Gasteiger partial charge in [0.2, 0.25) is 11.8 Å². The Hall–Kier alpha value is -5.30. The van der Waals surface area contributed by atoms with E-state index >= 15 is 0 Å². The molecular weight excluding hydrogens is 574 g/mol. The molecule has 13 nitrogen and oxygen atoms in total. The molecule has 2 bridgehead atoms. The first-order valence-corrected chi connectivity index (χ1v) is 13.7. The van der Waals surface area contributed by atoms with Crippen LogP contribution in [0.4, 0.5) is 16.2 Å². The van der Waals surface area contributed by atoms with E-state index in [1.54, 1.807) is 48.7 Å². The Morgan fingerprint density at radius 3 is 2.84 bits per heavy atom. The molecule has 4 aromatic rings. The number of anilines is 2. The molecule has 2 aromatic heterocycles. The van der Waals surface area contributed by atoms with Gasteiger partial charge < -0.3 is 20.4 Å². The molecule has 0 aliphatic carbocycles. The number of rotatable bonds is 5. The van der Waals surface area contributed by atoms with E-state index in [-0.39, 0.29) is 18.2 Å². The Balaban J connectivity index is 1.43. The Kier molecular flexibility index (Phi) is 8.91. The highest BCUT2D eigenvalue weighted by molar-refractivity contribution is 6.30. The third-order valence-electron chi connectivity index (χ3n) is 6.71. The van der Waals surface area contributed by atoms with Gasteiger partial charge >= 0.3 is 6.09 Å². The number of amides is 3. The number of tetrazole rings is 1. The maximum Gasteiger partial charge on any atom is 0.411 e. The molecule has 1 aliphatic rings. The highest BCUT2D eigenvalue weighted by atomic mass is 35.5. The van der Waals surface area contributed by atoms with Crippen LogP contribution >= 0.6 is 11.6 Å². The molecule has 0 fully saturated rings. The van der Waals surface area contributed by atoms with Gasteiger partial charge in [0, 0.05) is 34.3 Å². The number of fused-ring (bicyclic) bond motifs is 4. The molecular formula is C29H28ClN9O4. The maximum absolute atomic E-state index is 13.1. The Morgan fingerprint density at radius 2 is 2.05 bits per heavy atom. The number of carbonyl (C=O) groups excluding carboxylic acids is 3. The number of benzene rings is 2. The topological polar surface area (TPSA) is 169 Å². The first-order valence-electron chi connectivity index (χ1n) is 13.3. The lowest BCUT2D eigenvalue weighted by molar-refractivity contribution is -0.117. The van der Waals surface area contributed by atoms with E-state index in [0.717, 1.165) is 5.57 Å². The van der Waals surface area contributed by atoms with Gasteiger partial charge in [-0.2, -0.15) is 4.68 Å². The van der Waals surface area contributed by atoms with Crippen LogP contribution in [0.3, 0.4) is 0 Å². The standard InChI is InChI=1S/C29H28ClN9O4/c1-17-3-9-22(34-27(41)12-5-18-13-19(30)6-10-25(18)39-16-32-37-38-39)28-31-15-24(36-28)21-8-7-20(33-29(42)43-2)14-23(21)35-26(40)11-4-17/h3,5-8,10,12-16,22H,4,9,11H2,1-2H3,(H,31,36)(H,33,42)(H,34,41)(H,35,40)/b12-5+,17-3-/t22-/m0/s1. The zero-order valence-electron chi connectivity index (χ0n) is 23.3. The summed E-state index contributed by atoms with van der Waals surface area (Å²) in [7, 11) is 1.27. The summed E-state index contributed by atoms with van der Waals surface area (Å²) in [5.74, 6) is 0.00297. The minimum atomic E-state index is -0.630. The Morgan fingerprint density at radius 1 is 1.19 bits per heavy atom. The number of halogens is 1. The number of hydrogen-bond acceptors (Lipinski definition) is 8. The zero-order chi connectivity index (χ0) is 30.3. The van der Waals surface area contributed by atoms with E-state index in [1.807, 2.05) is 13.0 Å². The number of H-pyrrole nitrogens is 1. The van der Waals surface area contributed by atoms with Crippen molar-refractivity contribution in [2.75, 3.05) is 17.7 Å². The molecule has 0 saturated carbocycles. The number of aromatic nitrogens is 6. The van der Waals surface area contributed by atoms with E-state index in [1.165, 1.54) is 24.2 Å². The van der Waals surface area contributed by atoms with Crippen molar-refractivity contribution in [3.05, 3.63) is 83.1 Å². The second-order valence-electron chi connectivity index (χ2n) is 9.75. The molecule has 43 heavy (non-hydrogen) atoms. The van der Waals surface area contributed by atoms with Crippen molar-refractivity contribution >= 4 is 47.0 Å². The predicted molar refractivity (Wildman–Crippen MR) is 160 cm³/mol. The molecule has 0 unspecified atom stereocenters. The van der Waals surface area contributed by atoms with Crippen molar-refractivity contribution < 1.29 is 19.1 Å². The number of ether oxygens (including phenoxy) is 1. The van der Waals surface area contributed by atoms with Gasteiger partial charge in [-0.05, 0) is 72.7 Å². The lowest BCUT2D eigenvalue weighted by atomic mass is 10.1. The van der Waals surface area contributed by atoms with Crippen LogP contribution in [0, 0.1) is 0 Å². The number of nitrogens with zero attached hydrogens (tertiary/aromatic N) is 5. The van der Waals surface area contributed by atoms with Crippen LogP contribution in [-0.4, -0.2) is 55.2 Å². The third kappa shape index (κ3) is 7.32. The summed E-state index contributed by atoms with van der Waals surface area (Å²) in [6.07, 6.45) is 8.72. The molecule has 0 radical (unpaired) electrons. The monoisotopic (exact) mass is 601 g/mol. The molecule has 4 N–H and O–H groups in total. The van der Waals surface area contributed by atoms with Gasteiger partial charge in [-0.1, -0.05) is 23.3 Å². The zero-order valence-corrected chi connectivity index (χ0v) is 24.1. The van der Waals surface area contributed by atoms with Crippen molar-refractivity contribution in [1.82, 2.24) is 35.5 Å². The molecule has 3 heterocycles. The van der Waals surface area contributed by atoms with Crippen molar-refractivity contribution in [1.29, 1.82) is 0 Å². The van der Waals surface area contributed by atoms with Gasteiger partial charge in [-0.15, -0.1) is 5.10 Å². The predicted octanol–water partition coefficient (Wildman–Crippen LogP) is 4.82. The summed E-state index contributed by atoms with van der Waals surface area (Å²) in [5.41, 5.74) is 4.51. The molecule has 220 valence electrons. The highest BCUT2D eigenvalue weighted by Gasteiger charge is 2.20. The lowest BCUT2D eigenvalue weighted by Gasteiger charge is -2.15. The average Bonchev–Trinajstić information content (AvgIpc) is 3.70. The van der Waals surface area contributed by atoms with Gasteiger partial charge in [-0.25, -0.2) is 9.78 Å². The SMILES string of the molecule is COC(=O)Nc1ccc2c(c1)NC(=O)CC/C(C)=C\C[C@H](NC(=O)/C=C/c1cc(Cl)ccc1-n1cnnn1)c1ncc-2[nH]1. The van der Waals surface area contributed by atoms with Gasteiger partial charge in [0.25, 0.3) is 0 Å². The third-order valence-corrected chi connectivity index (χ3v) is 6.94. The van der Waals surface area contributed by atoms with Gasteiger partial charge in [0.05, 0.1) is 36.4 Å². The van der Waals surface area contributed by atoms with Crippen molar-refractivity contribution in [2.45, 2.75) is 32.2 Å². The summed E-state index contributed by atoms with van der Waals surface area (Å²) in [6, 6.07) is 9.79. The largest absolute Gasteiger partial charge is 0.453 e. The number of aromatic amines is 1. The average molecular weight is 602 g/mol. The van der Waals surface area contributed by atoms with Crippen LogP contribution in [0.5, 0.6) is 0 Å². The van der Waals surface area contributed by atoms with Crippen molar-refractivity contribution in [3.8, 4) is 16.9 Å². The molecule has 1 aliphatic heterocycles. The van der Waals surface area contributed by atoms with Crippen LogP contribution in [0.25, 0.3) is 23.0 Å². The minimum absolute atomic E-state index is 0.180. The van der Waals surface area contributed by atoms with Crippen LogP contribution in [0.15, 0.2) is 66.6 Å². The van der Waals surface area contributed by atoms with E-state index in [0.29, 0.717) is 57.6 Å². The molecule has 1 atom stereocenters. The number of imidazole rings is 1. The number of methoxy groups -OCH3 is 1. The van der Waals surface area contributed by atoms with E-state index in [2.05, 4.69) is 46.2 Å². The Labute approximate surface area is 251 Å². The molecule has 14 heteroatoms. The van der Waals surface area contributed by atoms with Gasteiger partial charge in [0.15, 0.2) is 0 Å². The van der Waals surface area contributed by atoms with Crippen molar-refractivity contribution in [3.63, 3.8) is 0 Å². The van der Waals surface area contributed by atoms with E-state index < -0.39 is 12.1 Å². The first kappa shape index (κ1) is 29.2. The second kappa shape index (κ2) is 13.1. The Bertz CT molecular complexity index is 1710. The van der Waals surface area contributed by atoms with Gasteiger partial charge in [0.1, 0.15) is 12.2 Å². The van der Waals surface area contributed by atoms with Crippen molar-refractivity contribution in [2.24, 2.45) is 0 Å². The first-order chi connectivity index (χ1) is 20.8. The van der Waals surface area contributed by atoms with E-state index in [4.69, 9.17) is 11.6 Å². The molecule has 5 rings (SSSR count). The minimum Gasteiger partial charge on any atom is -0.453 e. The second-order valence-corrected chi connectivity index (χ2v) is 10.2. The quantitative estimate of drug-likeness (QED) is 0.186. The molecule has 0 saturated heterocycles. The fraction of sp³-hybridized carbons (Fsp3) is 0.207. The summed E-state index contributed by atoms with van der Waals surface area (Å²) < 4.78 is 6.16. The smallest absolute Gasteiger partial charge is 0.411 e. The highest BCUT2D eigenvalue weighted by Crippen LogP contribution is 2.32. The van der Waals surface area contributed by atoms with Crippen LogP contribution in [0.2, 0.25) is 5.02 Å². The fourth-order valence-electron chi connectivity index (χ4n) is 4.49. The van der Waals surface area contributed by atoms with Crippen LogP contribution in [-0.2, 0) is 14.3 Å². The molecule has 2 aromatic carbocycles. The van der Waals surface area contributed by atoms with Crippen LogP contribution < -0.4 is 16.0 Å².